The van der Waals surface area contributed by atoms with Crippen molar-refractivity contribution >= 4 is 11.6 Å². The molecule has 0 saturated carbocycles. The third-order valence-corrected chi connectivity index (χ3v) is 3.75. The van der Waals surface area contributed by atoms with E-state index in [0.717, 1.165) is 24.3 Å². The van der Waals surface area contributed by atoms with E-state index in [-0.39, 0.29) is 5.91 Å². The smallest absolute Gasteiger partial charge is 0.267 e. The first kappa shape index (κ1) is 13.9. The molecule has 4 nitrogen and oxygen atoms in total. The van der Waals surface area contributed by atoms with Gasteiger partial charge in [0.1, 0.15) is 5.75 Å². The number of carbonyl (C=O) groups is 1. The molecule has 0 fully saturated rings. The van der Waals surface area contributed by atoms with E-state index in [1.54, 1.807) is 18.9 Å². The average molecular weight is 262 g/mol. The van der Waals surface area contributed by atoms with E-state index in [0.29, 0.717) is 6.04 Å². The largest absolute Gasteiger partial charge is 0.479 e. The highest BCUT2D eigenvalue weighted by molar-refractivity contribution is 5.99. The summed E-state index contributed by atoms with van der Waals surface area (Å²) in [6.45, 7) is 3.95. The zero-order valence-electron chi connectivity index (χ0n) is 12.1. The number of anilines is 1. The fourth-order valence-corrected chi connectivity index (χ4v) is 2.42. The zero-order valence-corrected chi connectivity index (χ0v) is 12.1. The molecule has 1 N–H and O–H groups in total. The SMILES string of the molecule is CCC(Cc1ccc2c(c1)N(C)C(=O)C(C)O2)NC. The number of hydrogen-bond donors (Lipinski definition) is 1. The molecule has 1 aromatic rings. The number of benzene rings is 1. The van der Waals surface area contributed by atoms with Crippen LogP contribution in [-0.4, -0.2) is 32.1 Å². The summed E-state index contributed by atoms with van der Waals surface area (Å²) in [4.78, 5) is 13.6. The van der Waals surface area contributed by atoms with Crippen molar-refractivity contribution in [2.45, 2.75) is 38.8 Å². The van der Waals surface area contributed by atoms with Crippen molar-refractivity contribution in [3.63, 3.8) is 0 Å². The van der Waals surface area contributed by atoms with Gasteiger partial charge in [-0.2, -0.15) is 0 Å². The Bertz CT molecular complexity index is 469. The van der Waals surface area contributed by atoms with Crippen LogP contribution in [0.2, 0.25) is 0 Å². The number of rotatable bonds is 4. The van der Waals surface area contributed by atoms with Crippen LogP contribution >= 0.6 is 0 Å². The van der Waals surface area contributed by atoms with Gasteiger partial charge in [0, 0.05) is 13.1 Å². The van der Waals surface area contributed by atoms with Gasteiger partial charge in [-0.1, -0.05) is 13.0 Å². The Balaban J connectivity index is 2.26. The van der Waals surface area contributed by atoms with Crippen molar-refractivity contribution in [3.8, 4) is 5.75 Å². The summed E-state index contributed by atoms with van der Waals surface area (Å²) in [5, 5.41) is 3.30. The van der Waals surface area contributed by atoms with Crippen LogP contribution in [0.25, 0.3) is 0 Å². The molecule has 0 aromatic heterocycles. The lowest BCUT2D eigenvalue weighted by molar-refractivity contribution is -0.125. The maximum atomic E-state index is 11.9. The molecule has 2 unspecified atom stereocenters. The molecule has 1 aromatic carbocycles. The van der Waals surface area contributed by atoms with Gasteiger partial charge in [0.25, 0.3) is 5.91 Å². The summed E-state index contributed by atoms with van der Waals surface area (Å²) in [6, 6.07) is 6.56. The number of nitrogens with zero attached hydrogens (tertiary/aromatic N) is 1. The van der Waals surface area contributed by atoms with Crippen molar-refractivity contribution in [2.75, 3.05) is 19.0 Å². The topological polar surface area (TPSA) is 41.6 Å². The van der Waals surface area contributed by atoms with E-state index < -0.39 is 6.10 Å². The minimum Gasteiger partial charge on any atom is -0.479 e. The highest BCUT2D eigenvalue weighted by atomic mass is 16.5. The van der Waals surface area contributed by atoms with E-state index in [1.807, 2.05) is 13.1 Å². The molecule has 2 rings (SSSR count). The average Bonchev–Trinajstić information content (AvgIpc) is 2.43. The predicted octanol–water partition coefficient (Wildman–Crippen LogP) is 1.97. The van der Waals surface area contributed by atoms with Gasteiger partial charge in [0.2, 0.25) is 0 Å². The lowest BCUT2D eigenvalue weighted by atomic mass is 10.0. The molecule has 19 heavy (non-hydrogen) atoms. The second kappa shape index (κ2) is 5.61. The molecule has 2 atom stereocenters. The number of fused-ring (bicyclic) bond motifs is 1. The Morgan fingerprint density at radius 2 is 2.21 bits per heavy atom. The molecule has 0 spiro atoms. The summed E-state index contributed by atoms with van der Waals surface area (Å²) in [7, 11) is 3.78. The van der Waals surface area contributed by atoms with Crippen molar-refractivity contribution in [2.24, 2.45) is 0 Å². The molecule has 0 saturated heterocycles. The van der Waals surface area contributed by atoms with Crippen LogP contribution < -0.4 is 15.0 Å². The molecule has 0 bridgehead atoms. The van der Waals surface area contributed by atoms with Crippen LogP contribution in [-0.2, 0) is 11.2 Å². The van der Waals surface area contributed by atoms with Crippen molar-refractivity contribution in [1.82, 2.24) is 5.32 Å². The number of amides is 1. The Hall–Kier alpha value is -1.55. The number of likely N-dealkylation sites (N-methyl/N-ethyl adjacent to an activating group) is 2. The van der Waals surface area contributed by atoms with E-state index >= 15 is 0 Å². The van der Waals surface area contributed by atoms with Gasteiger partial charge >= 0.3 is 0 Å². The highest BCUT2D eigenvalue weighted by Crippen LogP contribution is 2.34. The lowest BCUT2D eigenvalue weighted by Gasteiger charge is -2.30. The molecular formula is C15H22N2O2. The summed E-state index contributed by atoms with van der Waals surface area (Å²) in [6.07, 6.45) is 1.64. The second-order valence-corrected chi connectivity index (χ2v) is 5.06. The maximum absolute atomic E-state index is 11.9. The minimum atomic E-state index is -0.399. The van der Waals surface area contributed by atoms with Gasteiger partial charge in [0.05, 0.1) is 5.69 Å². The van der Waals surface area contributed by atoms with Crippen LogP contribution in [0, 0.1) is 0 Å². The van der Waals surface area contributed by atoms with Crippen LogP contribution in [0.4, 0.5) is 5.69 Å². The second-order valence-electron chi connectivity index (χ2n) is 5.06. The van der Waals surface area contributed by atoms with Crippen molar-refractivity contribution in [3.05, 3.63) is 23.8 Å². The van der Waals surface area contributed by atoms with Gasteiger partial charge < -0.3 is 15.0 Å². The Kier molecular flexibility index (Phi) is 4.10. The van der Waals surface area contributed by atoms with Gasteiger partial charge in [-0.3, -0.25) is 4.79 Å². The summed E-state index contributed by atoms with van der Waals surface area (Å²) >= 11 is 0. The van der Waals surface area contributed by atoms with Gasteiger partial charge in [-0.05, 0) is 44.5 Å². The van der Waals surface area contributed by atoms with Crippen LogP contribution in [0.1, 0.15) is 25.8 Å². The van der Waals surface area contributed by atoms with Gasteiger partial charge in [-0.25, -0.2) is 0 Å². The van der Waals surface area contributed by atoms with Crippen LogP contribution in [0.5, 0.6) is 5.75 Å². The summed E-state index contributed by atoms with van der Waals surface area (Å²) < 4.78 is 5.62. The Morgan fingerprint density at radius 1 is 1.47 bits per heavy atom. The third-order valence-electron chi connectivity index (χ3n) is 3.75. The highest BCUT2D eigenvalue weighted by Gasteiger charge is 2.28. The first-order chi connectivity index (χ1) is 9.06. The molecular weight excluding hydrogens is 240 g/mol. The first-order valence-electron chi connectivity index (χ1n) is 6.81. The Morgan fingerprint density at radius 3 is 2.84 bits per heavy atom. The standard InChI is InChI=1S/C15H22N2O2/c1-5-12(16-3)8-11-6-7-14-13(9-11)17(4)15(18)10(2)19-14/h6-7,9-10,12,16H,5,8H2,1-4H3. The monoisotopic (exact) mass is 262 g/mol. The first-order valence-corrected chi connectivity index (χ1v) is 6.81. The number of hydrogen-bond acceptors (Lipinski definition) is 3. The fourth-order valence-electron chi connectivity index (χ4n) is 2.42. The molecule has 1 aliphatic heterocycles. The van der Waals surface area contributed by atoms with Gasteiger partial charge in [0.15, 0.2) is 6.10 Å². The van der Waals surface area contributed by atoms with E-state index in [4.69, 9.17) is 4.74 Å². The number of nitrogens with one attached hydrogen (secondary N) is 1. The molecule has 4 heteroatoms. The third kappa shape index (κ3) is 2.73. The summed E-state index contributed by atoms with van der Waals surface area (Å²) in [5.41, 5.74) is 2.09. The lowest BCUT2D eigenvalue weighted by Crippen LogP contribution is -2.42. The number of ether oxygens (including phenoxy) is 1. The molecule has 1 aliphatic rings. The molecule has 1 heterocycles. The normalized spacial score (nSPS) is 19.9. The quantitative estimate of drug-likeness (QED) is 0.902. The molecule has 0 aliphatic carbocycles. The molecule has 104 valence electrons. The van der Waals surface area contributed by atoms with Crippen LogP contribution in [0.15, 0.2) is 18.2 Å². The number of carbonyl (C=O) groups excluding carboxylic acids is 1. The zero-order chi connectivity index (χ0) is 14.0. The maximum Gasteiger partial charge on any atom is 0.267 e. The van der Waals surface area contributed by atoms with E-state index in [1.165, 1.54) is 5.56 Å². The van der Waals surface area contributed by atoms with Gasteiger partial charge in [-0.15, -0.1) is 0 Å². The van der Waals surface area contributed by atoms with E-state index in [9.17, 15) is 4.79 Å². The fraction of sp³-hybridized carbons (Fsp3) is 0.533. The molecule has 1 amide bonds. The molecule has 0 radical (unpaired) electrons. The van der Waals surface area contributed by atoms with E-state index in [2.05, 4.69) is 24.4 Å². The predicted molar refractivity (Wildman–Crippen MR) is 76.8 cm³/mol. The van der Waals surface area contributed by atoms with Crippen molar-refractivity contribution < 1.29 is 9.53 Å². The van der Waals surface area contributed by atoms with Crippen LogP contribution in [0.3, 0.4) is 0 Å². The minimum absolute atomic E-state index is 0.00491. The Labute approximate surface area is 114 Å². The summed E-state index contributed by atoms with van der Waals surface area (Å²) in [5.74, 6) is 0.793. The van der Waals surface area contributed by atoms with Crippen molar-refractivity contribution in [1.29, 1.82) is 0 Å².